The standard InChI is InChI=1S/C24H20B.C6H13NO/c1-5-13-21(14-6-1)25(22-15-7-2-8-16-22,23-17-9-3-10-18-23)24-19-11-4-12-20-24;1-2-7-3-5-8-6-4-7/h1-20H;2-6H2,1H3/q-1;/p+1. The van der Waals surface area contributed by atoms with Crippen LogP contribution in [0.25, 0.3) is 0 Å². The summed E-state index contributed by atoms with van der Waals surface area (Å²) in [5.41, 5.74) is 5.36. The summed E-state index contributed by atoms with van der Waals surface area (Å²) in [7, 11) is 0. The summed E-state index contributed by atoms with van der Waals surface area (Å²) in [6, 6.07) is 43.5. The summed E-state index contributed by atoms with van der Waals surface area (Å²) in [5.74, 6) is 0. The molecule has 2 nitrogen and oxygen atoms in total. The summed E-state index contributed by atoms with van der Waals surface area (Å²) in [6.07, 6.45) is -1.22. The lowest BCUT2D eigenvalue weighted by Crippen LogP contribution is -3.13. The summed E-state index contributed by atoms with van der Waals surface area (Å²) in [4.78, 5) is 1.68. The number of rotatable bonds is 5. The second-order valence-electron chi connectivity index (χ2n) is 8.72. The SMILES string of the molecule is CC[NH+]1CCOCC1.c1ccc([B-](c2ccccc2)(c2ccccc2)c2ccccc2)cc1. The molecule has 0 aromatic heterocycles. The number of hydrogen-bond acceptors (Lipinski definition) is 1. The highest BCUT2D eigenvalue weighted by molar-refractivity contribution is 7.19. The monoisotopic (exact) mass is 435 g/mol. The van der Waals surface area contributed by atoms with Crippen LogP contribution in [0.5, 0.6) is 0 Å². The van der Waals surface area contributed by atoms with Crippen molar-refractivity contribution in [1.82, 2.24) is 0 Å². The first-order valence-corrected chi connectivity index (χ1v) is 12.1. The molecule has 1 fully saturated rings. The van der Waals surface area contributed by atoms with Gasteiger partial charge >= 0.3 is 0 Å². The Morgan fingerprint density at radius 2 is 0.848 bits per heavy atom. The van der Waals surface area contributed by atoms with E-state index in [0.29, 0.717) is 0 Å². The zero-order valence-corrected chi connectivity index (χ0v) is 19.6. The van der Waals surface area contributed by atoms with Crippen molar-refractivity contribution in [3.05, 3.63) is 121 Å². The van der Waals surface area contributed by atoms with Crippen molar-refractivity contribution in [3.63, 3.8) is 0 Å². The largest absolute Gasteiger partial charge is 0.370 e. The van der Waals surface area contributed by atoms with Gasteiger partial charge in [0.05, 0.1) is 19.8 Å². The molecule has 1 N–H and O–H groups in total. The van der Waals surface area contributed by atoms with Gasteiger partial charge < -0.3 is 9.64 Å². The summed E-state index contributed by atoms with van der Waals surface area (Å²) in [5, 5.41) is 0. The molecule has 0 amide bonds. The predicted molar refractivity (Wildman–Crippen MR) is 142 cm³/mol. The summed E-state index contributed by atoms with van der Waals surface area (Å²) < 4.78 is 5.18. The minimum Gasteiger partial charge on any atom is -0.370 e. The molecule has 0 spiro atoms. The average molecular weight is 435 g/mol. The number of benzene rings is 4. The average Bonchev–Trinajstić information content (AvgIpc) is 2.92. The fourth-order valence-corrected chi connectivity index (χ4v) is 5.14. The van der Waals surface area contributed by atoms with Crippen LogP contribution in [0, 0.1) is 0 Å². The molecule has 0 saturated carbocycles. The van der Waals surface area contributed by atoms with E-state index in [4.69, 9.17) is 4.74 Å². The van der Waals surface area contributed by atoms with Crippen LogP contribution in [0.1, 0.15) is 6.92 Å². The Morgan fingerprint density at radius 3 is 1.09 bits per heavy atom. The lowest BCUT2D eigenvalue weighted by Gasteiger charge is -2.44. The molecule has 1 saturated heterocycles. The highest BCUT2D eigenvalue weighted by Gasteiger charge is 2.31. The quantitative estimate of drug-likeness (QED) is 0.474. The fraction of sp³-hybridized carbons (Fsp3) is 0.200. The molecule has 33 heavy (non-hydrogen) atoms. The van der Waals surface area contributed by atoms with Gasteiger partial charge in [0.2, 0.25) is 0 Å². The molecule has 4 aromatic carbocycles. The first-order valence-electron chi connectivity index (χ1n) is 12.1. The number of likely N-dealkylation sites (N-methyl/N-ethyl adjacent to an activating group) is 1. The maximum Gasteiger partial charge on any atom is 0.108 e. The molecule has 0 atom stereocenters. The van der Waals surface area contributed by atoms with Crippen LogP contribution in [0.2, 0.25) is 0 Å². The molecule has 0 aliphatic carbocycles. The van der Waals surface area contributed by atoms with Crippen molar-refractivity contribution in [2.24, 2.45) is 0 Å². The molecular formula is C30H34BNO. The first kappa shape index (κ1) is 23.0. The Morgan fingerprint density at radius 1 is 0.545 bits per heavy atom. The van der Waals surface area contributed by atoms with E-state index in [9.17, 15) is 0 Å². The molecule has 4 aromatic rings. The van der Waals surface area contributed by atoms with E-state index in [1.165, 1.54) is 41.5 Å². The molecule has 1 heterocycles. The molecule has 168 valence electrons. The Hall–Kier alpha value is -3.14. The minimum absolute atomic E-state index is 0.961. The second kappa shape index (κ2) is 11.6. The van der Waals surface area contributed by atoms with Gasteiger partial charge in [0.25, 0.3) is 0 Å². The first-order chi connectivity index (χ1) is 16.4. The van der Waals surface area contributed by atoms with Crippen molar-refractivity contribution >= 4 is 28.0 Å². The smallest absolute Gasteiger partial charge is 0.108 e. The number of quaternary nitrogens is 1. The maximum absolute atomic E-state index is 5.18. The van der Waals surface area contributed by atoms with Crippen molar-refractivity contribution in [2.45, 2.75) is 6.92 Å². The summed E-state index contributed by atoms with van der Waals surface area (Å²) >= 11 is 0. The van der Waals surface area contributed by atoms with E-state index >= 15 is 0 Å². The Labute approximate surface area is 198 Å². The third-order valence-electron chi connectivity index (χ3n) is 6.90. The number of nitrogens with one attached hydrogen (secondary N) is 1. The van der Waals surface area contributed by atoms with Crippen LogP contribution in [-0.2, 0) is 4.74 Å². The molecular weight excluding hydrogens is 401 g/mol. The van der Waals surface area contributed by atoms with Gasteiger partial charge in [-0.25, -0.2) is 0 Å². The van der Waals surface area contributed by atoms with E-state index in [-0.39, 0.29) is 0 Å². The van der Waals surface area contributed by atoms with Crippen LogP contribution < -0.4 is 26.8 Å². The van der Waals surface area contributed by atoms with Gasteiger partial charge in [-0.15, -0.1) is 0 Å². The normalized spacial score (nSPS) is 14.2. The van der Waals surface area contributed by atoms with E-state index in [2.05, 4.69) is 128 Å². The summed E-state index contributed by atoms with van der Waals surface area (Å²) in [6.45, 7) is 7.81. The van der Waals surface area contributed by atoms with Crippen LogP contribution >= 0.6 is 0 Å². The third kappa shape index (κ3) is 5.27. The highest BCUT2D eigenvalue weighted by atomic mass is 16.5. The fourth-order valence-electron chi connectivity index (χ4n) is 5.14. The third-order valence-corrected chi connectivity index (χ3v) is 6.90. The van der Waals surface area contributed by atoms with Crippen LogP contribution in [0.15, 0.2) is 121 Å². The number of morpholine rings is 1. The van der Waals surface area contributed by atoms with E-state index in [0.717, 1.165) is 13.2 Å². The van der Waals surface area contributed by atoms with Gasteiger partial charge in [-0.05, 0) is 6.92 Å². The topological polar surface area (TPSA) is 13.7 Å². The number of ether oxygens (including phenoxy) is 1. The van der Waals surface area contributed by atoms with Crippen LogP contribution in [0.4, 0.5) is 0 Å². The van der Waals surface area contributed by atoms with Gasteiger partial charge in [0.15, 0.2) is 0 Å². The zero-order chi connectivity index (χ0) is 22.8. The predicted octanol–water partition coefficient (Wildman–Crippen LogP) is 1.99. The van der Waals surface area contributed by atoms with Gasteiger partial charge in [0, 0.05) is 0 Å². The van der Waals surface area contributed by atoms with E-state index < -0.39 is 6.15 Å². The highest BCUT2D eigenvalue weighted by Crippen LogP contribution is 2.09. The van der Waals surface area contributed by atoms with E-state index in [1.807, 2.05) is 0 Å². The second-order valence-corrected chi connectivity index (χ2v) is 8.72. The Balaban J connectivity index is 0.000000275. The molecule has 0 unspecified atom stereocenters. The van der Waals surface area contributed by atoms with Crippen LogP contribution in [0.3, 0.4) is 0 Å². The molecule has 0 radical (unpaired) electrons. The van der Waals surface area contributed by atoms with Crippen molar-refractivity contribution in [2.75, 3.05) is 32.8 Å². The van der Waals surface area contributed by atoms with Crippen molar-refractivity contribution < 1.29 is 9.64 Å². The van der Waals surface area contributed by atoms with Gasteiger partial charge in [-0.1, -0.05) is 121 Å². The molecule has 5 rings (SSSR count). The molecule has 0 bridgehead atoms. The minimum atomic E-state index is -1.22. The Bertz CT molecular complexity index is 902. The van der Waals surface area contributed by atoms with Crippen molar-refractivity contribution in [1.29, 1.82) is 0 Å². The van der Waals surface area contributed by atoms with Gasteiger partial charge in [0.1, 0.15) is 19.2 Å². The molecule has 1 aliphatic heterocycles. The molecule has 1 aliphatic rings. The Kier molecular flexibility index (Phi) is 8.13. The van der Waals surface area contributed by atoms with Gasteiger partial charge in [-0.3, -0.25) is 0 Å². The lowest BCUT2D eigenvalue weighted by molar-refractivity contribution is -0.906. The van der Waals surface area contributed by atoms with Gasteiger partial charge in [-0.2, -0.15) is 21.9 Å². The lowest BCUT2D eigenvalue weighted by atomic mass is 9.13. The zero-order valence-electron chi connectivity index (χ0n) is 19.6. The van der Waals surface area contributed by atoms with Crippen molar-refractivity contribution in [3.8, 4) is 0 Å². The maximum atomic E-state index is 5.18. The van der Waals surface area contributed by atoms with Crippen LogP contribution in [-0.4, -0.2) is 39.0 Å². The molecule has 3 heteroatoms. The van der Waals surface area contributed by atoms with E-state index in [1.54, 1.807) is 4.90 Å². The number of hydrogen-bond donors (Lipinski definition) is 1.